The molecule has 2 aromatic rings. The Balaban J connectivity index is 1.97. The molecule has 1 fully saturated rings. The molecule has 0 bridgehead atoms. The molecule has 0 spiro atoms. The Bertz CT molecular complexity index is 911. The van der Waals surface area contributed by atoms with Crippen molar-refractivity contribution in [3.05, 3.63) is 72.2 Å². The number of hydrogen-bond donors (Lipinski definition) is 2. The number of rotatable bonds is 5. The van der Waals surface area contributed by atoms with E-state index in [-0.39, 0.29) is 17.8 Å². The maximum atomic E-state index is 12.3. The third-order valence-electron chi connectivity index (χ3n) is 3.72. The number of aromatic carboxylic acids is 1. The molecule has 1 aromatic carbocycles. The Morgan fingerprint density at radius 3 is 2.76 bits per heavy atom. The normalized spacial score (nSPS) is 15.5. The van der Waals surface area contributed by atoms with E-state index in [0.29, 0.717) is 11.4 Å². The number of nitrogens with zero attached hydrogens (tertiary/aromatic N) is 2. The summed E-state index contributed by atoms with van der Waals surface area (Å²) in [5, 5.41) is 11.7. The van der Waals surface area contributed by atoms with Crippen molar-refractivity contribution in [1.29, 1.82) is 0 Å². The van der Waals surface area contributed by atoms with Crippen LogP contribution in [0.5, 0.6) is 0 Å². The van der Waals surface area contributed by atoms with Crippen molar-refractivity contribution >= 4 is 24.0 Å². The number of aromatic nitrogens is 1. The highest BCUT2D eigenvalue weighted by atomic mass is 16.4. The van der Waals surface area contributed by atoms with Crippen molar-refractivity contribution in [1.82, 2.24) is 14.8 Å². The fourth-order valence-electron chi connectivity index (χ4n) is 2.55. The number of nitrogens with one attached hydrogen (secondary N) is 1. The van der Waals surface area contributed by atoms with Gasteiger partial charge >= 0.3 is 12.0 Å². The zero-order chi connectivity index (χ0) is 18.0. The van der Waals surface area contributed by atoms with Crippen LogP contribution in [0, 0.1) is 0 Å². The molecule has 3 rings (SSSR count). The highest BCUT2D eigenvalue weighted by molar-refractivity contribution is 6.14. The quantitative estimate of drug-likeness (QED) is 0.497. The zero-order valence-electron chi connectivity index (χ0n) is 13.2. The summed E-state index contributed by atoms with van der Waals surface area (Å²) in [6.45, 7) is 3.65. The average molecular weight is 337 g/mol. The van der Waals surface area contributed by atoms with Gasteiger partial charge in [-0.2, -0.15) is 0 Å². The maximum absolute atomic E-state index is 12.3. The Labute approximate surface area is 143 Å². The summed E-state index contributed by atoms with van der Waals surface area (Å²) in [7, 11) is 0. The second kappa shape index (κ2) is 6.48. The number of hydrogen-bond acceptors (Lipinski definition) is 3. The smallest absolute Gasteiger partial charge is 0.335 e. The van der Waals surface area contributed by atoms with Gasteiger partial charge in [-0.3, -0.25) is 9.69 Å². The summed E-state index contributed by atoms with van der Waals surface area (Å²) in [6, 6.07) is 9.46. The van der Waals surface area contributed by atoms with Crippen molar-refractivity contribution < 1.29 is 19.5 Å². The van der Waals surface area contributed by atoms with Crippen LogP contribution in [0.2, 0.25) is 0 Å². The lowest BCUT2D eigenvalue weighted by atomic mass is 10.2. The number of amides is 3. The lowest BCUT2D eigenvalue weighted by molar-refractivity contribution is -0.122. The molecule has 2 N–H and O–H groups in total. The first-order valence-electron chi connectivity index (χ1n) is 7.48. The molecule has 0 radical (unpaired) electrons. The van der Waals surface area contributed by atoms with Crippen LogP contribution in [0.1, 0.15) is 16.1 Å². The van der Waals surface area contributed by atoms with E-state index >= 15 is 0 Å². The minimum absolute atomic E-state index is 0.129. The highest BCUT2D eigenvalue weighted by Gasteiger charge is 2.32. The molecule has 25 heavy (non-hydrogen) atoms. The predicted octanol–water partition coefficient (Wildman–Crippen LogP) is 2.25. The molecule has 0 aliphatic carbocycles. The van der Waals surface area contributed by atoms with Gasteiger partial charge in [-0.15, -0.1) is 6.58 Å². The monoisotopic (exact) mass is 337 g/mol. The van der Waals surface area contributed by atoms with Crippen LogP contribution in [0.4, 0.5) is 4.79 Å². The van der Waals surface area contributed by atoms with Crippen LogP contribution < -0.4 is 5.32 Å². The number of carboxylic acid groups (broad SMARTS) is 1. The molecule has 2 heterocycles. The third kappa shape index (κ3) is 3.07. The van der Waals surface area contributed by atoms with Gasteiger partial charge in [-0.05, 0) is 36.4 Å². The lowest BCUT2D eigenvalue weighted by Crippen LogP contribution is -2.30. The number of carbonyl (C=O) groups excluding carboxylic acids is 2. The van der Waals surface area contributed by atoms with Crippen molar-refractivity contribution in [2.24, 2.45) is 0 Å². The van der Waals surface area contributed by atoms with E-state index in [1.165, 1.54) is 18.2 Å². The molecule has 1 aromatic heterocycles. The van der Waals surface area contributed by atoms with Crippen LogP contribution >= 0.6 is 0 Å². The van der Waals surface area contributed by atoms with E-state index in [1.807, 2.05) is 0 Å². The molecule has 7 nitrogen and oxygen atoms in total. The average Bonchev–Trinajstić information content (AvgIpc) is 3.16. The molecule has 126 valence electrons. The Morgan fingerprint density at radius 1 is 1.24 bits per heavy atom. The van der Waals surface area contributed by atoms with Crippen LogP contribution in [-0.2, 0) is 4.79 Å². The van der Waals surface area contributed by atoms with Gasteiger partial charge in [0, 0.05) is 24.1 Å². The first-order chi connectivity index (χ1) is 12.0. The minimum Gasteiger partial charge on any atom is -0.478 e. The van der Waals surface area contributed by atoms with Crippen molar-refractivity contribution in [2.75, 3.05) is 6.54 Å². The molecule has 0 saturated carbocycles. The SMILES string of the molecule is C=CCN1C(=O)N/C(=C/c2cccn2-c2cccc(C(=O)O)c2)C1=O. The van der Waals surface area contributed by atoms with Gasteiger partial charge < -0.3 is 15.0 Å². The van der Waals surface area contributed by atoms with E-state index in [2.05, 4.69) is 11.9 Å². The van der Waals surface area contributed by atoms with E-state index in [9.17, 15) is 14.4 Å². The molecule has 1 aliphatic rings. The van der Waals surface area contributed by atoms with Gasteiger partial charge in [0.05, 0.1) is 5.56 Å². The molecule has 3 amide bonds. The first-order valence-corrected chi connectivity index (χ1v) is 7.48. The number of carboxylic acids is 1. The van der Waals surface area contributed by atoms with E-state index in [1.54, 1.807) is 41.1 Å². The highest BCUT2D eigenvalue weighted by Crippen LogP contribution is 2.19. The topological polar surface area (TPSA) is 91.6 Å². The van der Waals surface area contributed by atoms with Gasteiger partial charge in [0.1, 0.15) is 5.70 Å². The van der Waals surface area contributed by atoms with Gasteiger partial charge in [-0.1, -0.05) is 12.1 Å². The summed E-state index contributed by atoms with van der Waals surface area (Å²) in [5.74, 6) is -1.45. The largest absolute Gasteiger partial charge is 0.478 e. The van der Waals surface area contributed by atoms with Gasteiger partial charge in [0.15, 0.2) is 0 Å². The Hall–Kier alpha value is -3.61. The lowest BCUT2D eigenvalue weighted by Gasteiger charge is -2.08. The summed E-state index contributed by atoms with van der Waals surface area (Å²) < 4.78 is 1.73. The van der Waals surface area contributed by atoms with Gasteiger partial charge in [0.25, 0.3) is 5.91 Å². The van der Waals surface area contributed by atoms with Crippen LogP contribution in [-0.4, -0.2) is 39.0 Å². The summed E-state index contributed by atoms with van der Waals surface area (Å²) in [4.78, 5) is 36.3. The summed E-state index contributed by atoms with van der Waals surface area (Å²) >= 11 is 0. The molecule has 1 saturated heterocycles. The molecule has 1 aliphatic heterocycles. The second-order valence-corrected chi connectivity index (χ2v) is 5.35. The summed E-state index contributed by atoms with van der Waals surface area (Å²) in [6.07, 6.45) is 4.77. The van der Waals surface area contributed by atoms with Crippen molar-refractivity contribution in [2.45, 2.75) is 0 Å². The van der Waals surface area contributed by atoms with E-state index < -0.39 is 17.9 Å². The molecular weight excluding hydrogens is 322 g/mol. The van der Waals surface area contributed by atoms with Gasteiger partial charge in [0.2, 0.25) is 0 Å². The fraction of sp³-hybridized carbons (Fsp3) is 0.0556. The molecule has 0 atom stereocenters. The fourth-order valence-corrected chi connectivity index (χ4v) is 2.55. The first kappa shape index (κ1) is 16.3. The van der Waals surface area contributed by atoms with Crippen molar-refractivity contribution in [3.63, 3.8) is 0 Å². The third-order valence-corrected chi connectivity index (χ3v) is 3.72. The second-order valence-electron chi connectivity index (χ2n) is 5.35. The number of benzene rings is 1. The zero-order valence-corrected chi connectivity index (χ0v) is 13.2. The number of imide groups is 1. The minimum atomic E-state index is -1.02. The predicted molar refractivity (Wildman–Crippen MR) is 91.1 cm³/mol. The Kier molecular flexibility index (Phi) is 4.21. The summed E-state index contributed by atoms with van der Waals surface area (Å²) in [5.41, 5.74) is 1.58. The number of carbonyl (C=O) groups is 3. The molecule has 7 heteroatoms. The number of urea groups is 1. The molecular formula is C18H15N3O4. The van der Waals surface area contributed by atoms with E-state index in [0.717, 1.165) is 4.90 Å². The van der Waals surface area contributed by atoms with Crippen LogP contribution in [0.25, 0.3) is 11.8 Å². The Morgan fingerprint density at radius 2 is 2.04 bits per heavy atom. The van der Waals surface area contributed by atoms with Crippen molar-refractivity contribution in [3.8, 4) is 5.69 Å². The van der Waals surface area contributed by atoms with E-state index in [4.69, 9.17) is 5.11 Å². The standard InChI is InChI=1S/C18H15N3O4/c1-2-8-21-16(22)15(19-18(21)25)11-14-7-4-9-20(14)13-6-3-5-12(10-13)17(23)24/h2-7,9-11H,1,8H2,(H,19,25)(H,23,24)/b15-11+. The van der Waals surface area contributed by atoms with Crippen LogP contribution in [0.15, 0.2) is 60.9 Å². The van der Waals surface area contributed by atoms with Gasteiger partial charge in [-0.25, -0.2) is 9.59 Å². The maximum Gasteiger partial charge on any atom is 0.335 e. The van der Waals surface area contributed by atoms with Crippen LogP contribution in [0.3, 0.4) is 0 Å². The molecule has 0 unspecified atom stereocenters.